The van der Waals surface area contributed by atoms with E-state index < -0.39 is 15.8 Å². The summed E-state index contributed by atoms with van der Waals surface area (Å²) in [4.78, 5) is -0.130. The molecule has 0 aliphatic heterocycles. The van der Waals surface area contributed by atoms with Crippen LogP contribution in [0.15, 0.2) is 50.2 Å². The highest BCUT2D eigenvalue weighted by Gasteiger charge is 2.16. The Hall–Kier alpha value is -0.920. The smallest absolute Gasteiger partial charge is 0.261 e. The van der Waals surface area contributed by atoms with Gasteiger partial charge in [-0.2, -0.15) is 0 Å². The van der Waals surface area contributed by atoms with Crippen molar-refractivity contribution in [2.75, 3.05) is 4.72 Å². The van der Waals surface area contributed by atoms with Gasteiger partial charge in [0.15, 0.2) is 0 Å². The number of benzene rings is 2. The van der Waals surface area contributed by atoms with Crippen LogP contribution >= 0.6 is 31.9 Å². The minimum absolute atomic E-state index is 0.130. The molecule has 0 radical (unpaired) electrons. The molecule has 7 heteroatoms. The molecule has 106 valence electrons. The van der Waals surface area contributed by atoms with Gasteiger partial charge in [-0.05, 0) is 58.7 Å². The lowest BCUT2D eigenvalue weighted by Gasteiger charge is -2.09. The summed E-state index contributed by atoms with van der Waals surface area (Å²) >= 11 is 6.31. The summed E-state index contributed by atoms with van der Waals surface area (Å²) in [6, 6.07) is 8.74. The highest BCUT2D eigenvalue weighted by Crippen LogP contribution is 2.24. The Morgan fingerprint density at radius 3 is 2.35 bits per heavy atom. The molecule has 2 aromatic rings. The van der Waals surface area contributed by atoms with Crippen molar-refractivity contribution in [3.8, 4) is 0 Å². The van der Waals surface area contributed by atoms with E-state index in [0.29, 0.717) is 5.69 Å². The van der Waals surface area contributed by atoms with E-state index in [4.69, 9.17) is 0 Å². The summed E-state index contributed by atoms with van der Waals surface area (Å²) in [6.07, 6.45) is 0. The number of sulfonamides is 1. The third kappa shape index (κ3) is 3.39. The second-order valence-electron chi connectivity index (χ2n) is 4.15. The summed E-state index contributed by atoms with van der Waals surface area (Å²) in [5, 5.41) is 0. The van der Waals surface area contributed by atoms with Crippen LogP contribution in [0.2, 0.25) is 0 Å². The molecule has 0 amide bonds. The van der Waals surface area contributed by atoms with Crippen molar-refractivity contribution in [2.24, 2.45) is 0 Å². The molecule has 0 unspecified atom stereocenters. The Morgan fingerprint density at radius 2 is 1.75 bits per heavy atom. The molecule has 0 bridgehead atoms. The largest absolute Gasteiger partial charge is 0.280 e. The number of hydrogen-bond donors (Lipinski definition) is 1. The summed E-state index contributed by atoms with van der Waals surface area (Å²) in [6.45, 7) is 1.90. The van der Waals surface area contributed by atoms with Gasteiger partial charge in [0.25, 0.3) is 10.0 Å². The van der Waals surface area contributed by atoms with Crippen LogP contribution in [0.4, 0.5) is 10.1 Å². The van der Waals surface area contributed by atoms with E-state index in [-0.39, 0.29) is 9.37 Å². The Kier molecular flexibility index (Phi) is 4.51. The molecule has 1 N–H and O–H groups in total. The standard InChI is InChI=1S/C13H10Br2FNO2S/c1-8-2-3-9(6-12(8)15)17-20(18,19)10-4-5-11(14)13(16)7-10/h2-7,17H,1H3. The SMILES string of the molecule is Cc1ccc(NS(=O)(=O)c2ccc(Br)c(F)c2)cc1Br. The first-order chi connectivity index (χ1) is 9.29. The fourth-order valence-corrected chi connectivity index (χ4v) is 3.20. The fourth-order valence-electron chi connectivity index (χ4n) is 1.51. The number of rotatable bonds is 3. The van der Waals surface area contributed by atoms with Crippen LogP contribution in [0, 0.1) is 12.7 Å². The minimum atomic E-state index is -3.81. The molecule has 2 aromatic carbocycles. The first kappa shape index (κ1) is 15.5. The van der Waals surface area contributed by atoms with Crippen LogP contribution in [0.1, 0.15) is 5.56 Å². The van der Waals surface area contributed by atoms with Gasteiger partial charge in [-0.15, -0.1) is 0 Å². The number of anilines is 1. The molecular formula is C13H10Br2FNO2S. The first-order valence-corrected chi connectivity index (χ1v) is 8.60. The van der Waals surface area contributed by atoms with Crippen molar-refractivity contribution in [1.29, 1.82) is 0 Å². The number of halogens is 3. The second kappa shape index (κ2) is 5.83. The maximum absolute atomic E-state index is 13.4. The monoisotopic (exact) mass is 421 g/mol. The molecule has 2 rings (SSSR count). The van der Waals surface area contributed by atoms with Crippen LogP contribution in [0.3, 0.4) is 0 Å². The zero-order valence-corrected chi connectivity index (χ0v) is 14.3. The number of hydrogen-bond acceptors (Lipinski definition) is 2. The Labute approximate surface area is 133 Å². The normalized spacial score (nSPS) is 11.4. The minimum Gasteiger partial charge on any atom is -0.280 e. The van der Waals surface area contributed by atoms with Gasteiger partial charge >= 0.3 is 0 Å². The molecular weight excluding hydrogens is 413 g/mol. The maximum atomic E-state index is 13.4. The molecule has 0 spiro atoms. The summed E-state index contributed by atoms with van der Waals surface area (Å²) in [7, 11) is -3.81. The van der Waals surface area contributed by atoms with Crippen molar-refractivity contribution in [1.82, 2.24) is 0 Å². The molecule has 0 saturated carbocycles. The number of nitrogens with one attached hydrogen (secondary N) is 1. The van der Waals surface area contributed by atoms with E-state index in [0.717, 1.165) is 16.1 Å². The van der Waals surface area contributed by atoms with Gasteiger partial charge in [0.05, 0.1) is 9.37 Å². The quantitative estimate of drug-likeness (QED) is 0.793. The first-order valence-electron chi connectivity index (χ1n) is 5.53. The lowest BCUT2D eigenvalue weighted by molar-refractivity contribution is 0.593. The Balaban J connectivity index is 2.35. The average molecular weight is 423 g/mol. The topological polar surface area (TPSA) is 46.2 Å². The van der Waals surface area contributed by atoms with E-state index in [9.17, 15) is 12.8 Å². The summed E-state index contributed by atoms with van der Waals surface area (Å²) < 4.78 is 41.1. The van der Waals surface area contributed by atoms with E-state index in [1.54, 1.807) is 18.2 Å². The van der Waals surface area contributed by atoms with Gasteiger partial charge in [-0.1, -0.05) is 22.0 Å². The van der Waals surface area contributed by atoms with Crippen molar-refractivity contribution in [3.05, 3.63) is 56.7 Å². The van der Waals surface area contributed by atoms with Gasteiger partial charge in [-0.3, -0.25) is 4.72 Å². The van der Waals surface area contributed by atoms with Gasteiger partial charge in [0.2, 0.25) is 0 Å². The molecule has 0 aliphatic rings. The zero-order chi connectivity index (χ0) is 14.9. The second-order valence-corrected chi connectivity index (χ2v) is 7.54. The van der Waals surface area contributed by atoms with Gasteiger partial charge < -0.3 is 0 Å². The lowest BCUT2D eigenvalue weighted by atomic mass is 10.2. The Bertz CT molecular complexity index is 763. The maximum Gasteiger partial charge on any atom is 0.261 e. The molecule has 0 saturated heterocycles. The highest BCUT2D eigenvalue weighted by molar-refractivity contribution is 9.10. The van der Waals surface area contributed by atoms with Crippen LogP contribution in [0.25, 0.3) is 0 Å². The van der Waals surface area contributed by atoms with Gasteiger partial charge in [0.1, 0.15) is 5.82 Å². The van der Waals surface area contributed by atoms with Crippen LogP contribution in [-0.2, 0) is 10.0 Å². The highest BCUT2D eigenvalue weighted by atomic mass is 79.9. The molecule has 0 fully saturated rings. The fraction of sp³-hybridized carbons (Fsp3) is 0.0769. The Morgan fingerprint density at radius 1 is 1.05 bits per heavy atom. The molecule has 0 aromatic heterocycles. The van der Waals surface area contributed by atoms with E-state index in [2.05, 4.69) is 36.6 Å². The third-order valence-corrected chi connectivity index (χ3v) is 5.50. The van der Waals surface area contributed by atoms with Crippen LogP contribution in [-0.4, -0.2) is 8.42 Å². The molecule has 3 nitrogen and oxygen atoms in total. The van der Waals surface area contributed by atoms with Crippen molar-refractivity contribution < 1.29 is 12.8 Å². The lowest BCUT2D eigenvalue weighted by Crippen LogP contribution is -2.13. The van der Waals surface area contributed by atoms with Crippen LogP contribution < -0.4 is 4.72 Å². The average Bonchev–Trinajstić information content (AvgIpc) is 2.37. The van der Waals surface area contributed by atoms with Crippen molar-refractivity contribution in [3.63, 3.8) is 0 Å². The number of aryl methyl sites for hydroxylation is 1. The summed E-state index contributed by atoms with van der Waals surface area (Å²) in [5.74, 6) is -0.627. The predicted molar refractivity (Wildman–Crippen MR) is 83.8 cm³/mol. The van der Waals surface area contributed by atoms with Gasteiger partial charge in [0, 0.05) is 10.2 Å². The third-order valence-electron chi connectivity index (χ3n) is 2.63. The van der Waals surface area contributed by atoms with Crippen molar-refractivity contribution in [2.45, 2.75) is 11.8 Å². The van der Waals surface area contributed by atoms with E-state index >= 15 is 0 Å². The molecule has 20 heavy (non-hydrogen) atoms. The molecule has 0 atom stereocenters. The predicted octanol–water partition coefficient (Wildman–Crippen LogP) is 4.46. The van der Waals surface area contributed by atoms with Crippen molar-refractivity contribution >= 4 is 47.6 Å². The van der Waals surface area contributed by atoms with E-state index in [1.807, 2.05) is 6.92 Å². The molecule has 0 heterocycles. The van der Waals surface area contributed by atoms with E-state index in [1.165, 1.54) is 12.1 Å². The summed E-state index contributed by atoms with van der Waals surface area (Å²) in [5.41, 5.74) is 1.40. The van der Waals surface area contributed by atoms with Crippen LogP contribution in [0.5, 0.6) is 0 Å². The van der Waals surface area contributed by atoms with Gasteiger partial charge in [-0.25, -0.2) is 12.8 Å². The molecule has 0 aliphatic carbocycles. The zero-order valence-electron chi connectivity index (χ0n) is 10.3.